The first-order valence-electron chi connectivity index (χ1n) is 36.2. The van der Waals surface area contributed by atoms with Gasteiger partial charge < -0.3 is 151 Å². The van der Waals surface area contributed by atoms with Crippen LogP contribution in [0.3, 0.4) is 0 Å². The number of nitrogens with zero attached hydrogens (tertiary/aromatic N) is 1. The summed E-state index contributed by atoms with van der Waals surface area (Å²) in [5.74, 6) is -5.64. The van der Waals surface area contributed by atoms with Crippen LogP contribution in [-0.2, 0) is 970 Å². The summed E-state index contributed by atoms with van der Waals surface area (Å²) in [7, 11) is 5.86. The third kappa shape index (κ3) is 165. The average molecular weight is 3850 g/mol. The number of rotatable bonds is 90. The Morgan fingerprint density at radius 2 is 0.533 bits per heavy atom. The number of carbonyl (C=O) groups excluding carboxylic acids is 5. The van der Waals surface area contributed by atoms with E-state index in [9.17, 15) is 24.0 Å². The summed E-state index contributed by atoms with van der Waals surface area (Å²) in [6.07, 6.45) is 1.49. The molecule has 1 aliphatic heterocycles. The number of halogens is 1. The van der Waals surface area contributed by atoms with E-state index >= 15 is 0 Å². The molecule has 137 heavy (non-hydrogen) atoms. The number of hydrogen-bond acceptors (Lipinski definition) is 32. The van der Waals surface area contributed by atoms with Gasteiger partial charge in [-0.3, -0.25) is 29.3 Å². The van der Waals surface area contributed by atoms with Crippen LogP contribution in [0.5, 0.6) is 0 Å². The summed E-state index contributed by atoms with van der Waals surface area (Å²) >= 11 is 0. The molecule has 5 atom stereocenters. The number of piperidine rings is 1. The number of amides is 3. The SMILES string of the molecule is CCCO[CH-]CO[CH-]CO[CH-]CO[CH-]CO[CH-]CO[CH-]CO[CH-]CO[CH-]CO[CH-]CO[CH-]CO[CH-]CO[CH-]CO[CH-]CO[CH-]CO[CH-]CO[CH-]CO[CH-]CO[CH-]CO[CH-]CO[CH-]CO[CH-]CO[CH-]CO[CH-]CO[CH-]CO[CH-]COC(=O)C(C)(CC)CC(CC(CC1CC(C)C(=O)NC1=O)C(N)=O)C(=O)OCC[N+](C)(C)C.[Cl-].[Y].[Y].[Y].[Y].[Y].[Y].[Y].[Y].[Y].[Y].[Y].[Y].[Y].[Y].[Y].[Y].[Y].[Y].[Y].[Y].[Y].[Y].[Y].[Y].[Y]. The minimum Gasteiger partial charge on any atom is -1.00 e. The molecule has 3 N–H and O–H groups in total. The predicted molar refractivity (Wildman–Crippen MR) is 390 cm³/mol. The fourth-order valence-electron chi connectivity index (χ4n) is 8.19. The zero-order valence-electron chi connectivity index (χ0n) is 80.2. The number of quaternary nitrogens is 1. The minimum atomic E-state index is -1.15. The first-order valence-corrected chi connectivity index (χ1v) is 36.2. The molecule has 1 rings (SSSR count). The molecule has 739 valence electrons. The Bertz CT molecular complexity index is 2200. The fourth-order valence-corrected chi connectivity index (χ4v) is 8.19. The molecule has 0 aromatic carbocycles. The molecule has 0 aromatic rings. The molecular formula is C76H121ClN3O32Y25-25. The van der Waals surface area contributed by atoms with Gasteiger partial charge in [-0.15, -0.1) is 0 Å². The number of hydrogen-bond donors (Lipinski definition) is 2. The van der Waals surface area contributed by atoms with E-state index in [0.29, 0.717) is 37.3 Å². The monoisotopic (exact) mass is 3850 g/mol. The molecule has 25 radical (unpaired) electrons. The van der Waals surface area contributed by atoms with Crippen LogP contribution in [0.2, 0.25) is 0 Å². The first-order chi connectivity index (χ1) is 54.1. The van der Waals surface area contributed by atoms with E-state index in [1.165, 1.54) is 152 Å². The van der Waals surface area contributed by atoms with Crippen LogP contribution < -0.4 is 23.5 Å². The van der Waals surface area contributed by atoms with Crippen molar-refractivity contribution in [3.05, 3.63) is 165 Å². The molecule has 1 heterocycles. The number of imide groups is 1. The molecule has 3 amide bonds. The number of esters is 2. The van der Waals surface area contributed by atoms with Gasteiger partial charge in [-0.2, -0.15) is 165 Å². The third-order valence-electron chi connectivity index (χ3n) is 14.0. The van der Waals surface area contributed by atoms with Crippen molar-refractivity contribution in [2.24, 2.45) is 34.8 Å². The fraction of sp³-hybridized carbons (Fsp3) is 0.605. The maximum Gasteiger partial charge on any atom is 0.309 e. The van der Waals surface area contributed by atoms with Gasteiger partial charge in [0.25, 0.3) is 0 Å². The van der Waals surface area contributed by atoms with Crippen molar-refractivity contribution < 1.29 is 986 Å². The van der Waals surface area contributed by atoms with Crippen LogP contribution in [0.15, 0.2) is 0 Å². The van der Waals surface area contributed by atoms with E-state index in [-0.39, 0.29) is 1020 Å². The van der Waals surface area contributed by atoms with Gasteiger partial charge in [0.05, 0.1) is 32.5 Å². The maximum atomic E-state index is 13.6. The van der Waals surface area contributed by atoms with Crippen molar-refractivity contribution >= 4 is 29.7 Å². The molecule has 0 bridgehead atoms. The molecule has 1 fully saturated rings. The summed E-state index contributed by atoms with van der Waals surface area (Å²) in [5, 5.41) is 2.34. The maximum absolute atomic E-state index is 13.6. The first kappa shape index (κ1) is 227. The van der Waals surface area contributed by atoms with Crippen LogP contribution in [-0.4, -0.2) is 240 Å². The van der Waals surface area contributed by atoms with E-state index in [4.69, 9.17) is 134 Å². The van der Waals surface area contributed by atoms with Gasteiger partial charge in [0, 0.05) is 842 Å². The second kappa shape index (κ2) is 180. The normalized spacial score (nSPS) is 12.3. The van der Waals surface area contributed by atoms with Crippen LogP contribution in [0, 0.1) is 194 Å². The summed E-state index contributed by atoms with van der Waals surface area (Å²) < 4.78 is 144. The van der Waals surface area contributed by atoms with Gasteiger partial charge in [0.15, 0.2) is 0 Å². The number of carbonyl (C=O) groups is 5. The van der Waals surface area contributed by atoms with Crippen molar-refractivity contribution in [3.63, 3.8) is 0 Å². The van der Waals surface area contributed by atoms with Gasteiger partial charge in [-0.1, -0.05) is 179 Å². The Labute approximate surface area is 1460 Å². The van der Waals surface area contributed by atoms with Crippen molar-refractivity contribution in [1.29, 1.82) is 0 Å². The standard InChI is InChI=1S/C76H121N3O32.ClH.25Y/c1-8-11-85-13-14-86-15-16-87-17-18-88-19-20-89-21-22-90-23-24-91-25-26-92-27-28-93-29-30-94-31-32-95-33-34-96-35-36-97-37-38-98-39-40-99-41-42-100-43-44-101-45-46-102-47-48-103-49-50-104-51-52-105-53-54-106-55-56-107-57-58-108-59-60-109-61-62-111-75(84)76(4,9-2)66-70(74(83)110-12-10-79(5,6)7)65-68(71(77)80)64-69-63-67(3)72(81)78-73(69)82;;;;;;;;;;;;;;;;;;;;;;;;;;/h13,15,17,19,21,23,25,27,29,31,33,35,37,39,41,43,45,47,49,51,53,55,57,59,61,67-70H,8-12,14,16,18,20,22,24,26,28,30,32,34,36,38,40,42,44,46,48,50,52,54,56,58,60,62-66H2,1-7H3,(H2,77,80)(H,78,81,82);1H;;;;;;;;;;;;;;;;;;;;;;;;;/q-24;;;;;;;;;;;;;;;;;;;;;;;;;;/p-1. The van der Waals surface area contributed by atoms with Gasteiger partial charge in [0.1, 0.15) is 13.2 Å². The molecule has 5 unspecified atom stereocenters. The Morgan fingerprint density at radius 1 is 0.328 bits per heavy atom. The van der Waals surface area contributed by atoms with E-state index in [1.807, 2.05) is 28.1 Å². The number of nitrogens with two attached hydrogens (primary N) is 1. The zero-order valence-corrected chi connectivity index (χ0v) is 152. The molecule has 1 saturated heterocycles. The topological polar surface area (TPSA) is 373 Å². The molecule has 1 aliphatic rings. The van der Waals surface area contributed by atoms with Crippen LogP contribution in [0.25, 0.3) is 0 Å². The summed E-state index contributed by atoms with van der Waals surface area (Å²) in [5.41, 5.74) is 4.66. The molecule has 0 aromatic heterocycles. The molecule has 0 aliphatic carbocycles. The van der Waals surface area contributed by atoms with Crippen molar-refractivity contribution in [3.8, 4) is 0 Å². The zero-order chi connectivity index (χ0) is 80.7. The number of likely N-dealkylation sites (N-methyl/N-ethyl adjacent to an activating group) is 1. The van der Waals surface area contributed by atoms with Gasteiger partial charge in [-0.05, 0) is 52.1 Å². The number of nitrogens with one attached hydrogen (secondary N) is 1. The van der Waals surface area contributed by atoms with Crippen LogP contribution in [0.4, 0.5) is 0 Å². The van der Waals surface area contributed by atoms with Gasteiger partial charge in [-0.25, -0.2) is 0 Å². The van der Waals surface area contributed by atoms with Crippen molar-refractivity contribution in [2.45, 2.75) is 66.2 Å². The summed E-state index contributed by atoms with van der Waals surface area (Å²) in [4.78, 5) is 64.5. The smallest absolute Gasteiger partial charge is 0.309 e. The number of ether oxygens (including phenoxy) is 27. The Balaban J connectivity index is -0.000000197. The molecule has 0 saturated carbocycles. The average Bonchev–Trinajstić information content (AvgIpc) is 0.549. The van der Waals surface area contributed by atoms with E-state index in [2.05, 4.69) is 5.32 Å². The minimum absolute atomic E-state index is 0. The number of primary amides is 1. The van der Waals surface area contributed by atoms with Crippen LogP contribution >= 0.6 is 0 Å². The molecule has 35 nitrogen and oxygen atoms in total. The second-order valence-corrected chi connectivity index (χ2v) is 23.9. The Kier molecular flexibility index (Phi) is 298. The van der Waals surface area contributed by atoms with Crippen molar-refractivity contribution in [2.75, 3.05) is 206 Å². The third-order valence-corrected chi connectivity index (χ3v) is 14.0. The van der Waals surface area contributed by atoms with E-state index in [1.54, 1.807) is 34.0 Å². The van der Waals surface area contributed by atoms with Gasteiger partial charge in [0.2, 0.25) is 17.7 Å². The predicted octanol–water partition coefficient (Wildman–Crippen LogP) is 3.19. The molecule has 0 spiro atoms. The summed E-state index contributed by atoms with van der Waals surface area (Å²) in [6, 6.07) is 0. The van der Waals surface area contributed by atoms with Crippen LogP contribution in [0.1, 0.15) is 66.2 Å². The quantitative estimate of drug-likeness (QED) is 0.0290. The summed E-state index contributed by atoms with van der Waals surface area (Å²) in [6.45, 7) is 50.5. The largest absolute Gasteiger partial charge is 1.00 e. The van der Waals surface area contributed by atoms with Gasteiger partial charge >= 0.3 is 11.9 Å². The molecule has 61 heteroatoms. The molecular weight excluding hydrogens is 3720 g/mol. The van der Waals surface area contributed by atoms with E-state index < -0.39 is 52.8 Å². The van der Waals surface area contributed by atoms with E-state index in [0.717, 1.165) is 6.42 Å². The second-order valence-electron chi connectivity index (χ2n) is 23.9. The van der Waals surface area contributed by atoms with Crippen molar-refractivity contribution in [1.82, 2.24) is 5.32 Å². The Hall–Kier alpha value is 24.4. The Morgan fingerprint density at radius 3 is 0.723 bits per heavy atom.